The Hall–Kier alpha value is -1.29. The Kier molecular flexibility index (Phi) is 4.12. The highest BCUT2D eigenvalue weighted by molar-refractivity contribution is 5.52. The van der Waals surface area contributed by atoms with Crippen LogP contribution in [0, 0.1) is 12.7 Å². The molecule has 0 aliphatic rings. The topological polar surface area (TPSA) is 44.5 Å². The van der Waals surface area contributed by atoms with Crippen LogP contribution in [0.3, 0.4) is 0 Å². The maximum Gasteiger partial charge on any atom is 0.197 e. The van der Waals surface area contributed by atoms with Crippen LogP contribution in [-0.2, 0) is 0 Å². The highest BCUT2D eigenvalue weighted by Gasteiger charge is 2.19. The normalized spacial score (nSPS) is 12.4. The van der Waals surface area contributed by atoms with Gasteiger partial charge in [-0.15, -0.1) is 0 Å². The van der Waals surface area contributed by atoms with E-state index in [0.717, 1.165) is 11.1 Å². The largest absolute Gasteiger partial charge is 0.492 e. The standard InChI is InChI=1S/C12H18FNO2/c1-7(6-14)9-5-10(13)12(16-4)11(15-3)8(9)2/h5,7H,6,14H2,1-4H3. The lowest BCUT2D eigenvalue weighted by Gasteiger charge is -2.18. The van der Waals surface area contributed by atoms with E-state index in [1.165, 1.54) is 20.3 Å². The molecule has 0 aliphatic heterocycles. The minimum Gasteiger partial charge on any atom is -0.492 e. The van der Waals surface area contributed by atoms with Gasteiger partial charge in [0.1, 0.15) is 0 Å². The fraction of sp³-hybridized carbons (Fsp3) is 0.500. The second-order valence-electron chi connectivity index (χ2n) is 3.78. The van der Waals surface area contributed by atoms with Gasteiger partial charge in [-0.2, -0.15) is 0 Å². The molecule has 0 fully saturated rings. The Bertz CT molecular complexity index is 380. The third-order valence-electron chi connectivity index (χ3n) is 2.77. The van der Waals surface area contributed by atoms with Crippen LogP contribution in [0.25, 0.3) is 0 Å². The molecule has 1 rings (SSSR count). The molecule has 16 heavy (non-hydrogen) atoms. The average molecular weight is 227 g/mol. The van der Waals surface area contributed by atoms with E-state index in [9.17, 15) is 4.39 Å². The van der Waals surface area contributed by atoms with Crippen molar-refractivity contribution in [2.24, 2.45) is 5.73 Å². The Labute approximate surface area is 95.4 Å². The van der Waals surface area contributed by atoms with E-state index in [-0.39, 0.29) is 11.7 Å². The lowest BCUT2D eigenvalue weighted by atomic mass is 9.95. The zero-order chi connectivity index (χ0) is 12.3. The summed E-state index contributed by atoms with van der Waals surface area (Å²) in [7, 11) is 2.92. The number of rotatable bonds is 4. The molecule has 0 heterocycles. The number of hydrogen-bond donors (Lipinski definition) is 1. The lowest BCUT2D eigenvalue weighted by molar-refractivity contribution is 0.334. The highest BCUT2D eigenvalue weighted by Crippen LogP contribution is 2.37. The van der Waals surface area contributed by atoms with Gasteiger partial charge >= 0.3 is 0 Å². The smallest absolute Gasteiger partial charge is 0.197 e. The van der Waals surface area contributed by atoms with Gasteiger partial charge in [-0.05, 0) is 36.6 Å². The number of hydrogen-bond acceptors (Lipinski definition) is 3. The predicted molar refractivity (Wildman–Crippen MR) is 61.7 cm³/mol. The van der Waals surface area contributed by atoms with Crippen molar-refractivity contribution in [1.29, 1.82) is 0 Å². The van der Waals surface area contributed by atoms with Crippen molar-refractivity contribution in [3.8, 4) is 11.5 Å². The monoisotopic (exact) mass is 227 g/mol. The molecule has 0 amide bonds. The summed E-state index contributed by atoms with van der Waals surface area (Å²) in [6.45, 7) is 4.30. The van der Waals surface area contributed by atoms with E-state index < -0.39 is 5.82 Å². The molecule has 0 aromatic heterocycles. The molecule has 1 aromatic rings. The van der Waals surface area contributed by atoms with Crippen molar-refractivity contribution in [1.82, 2.24) is 0 Å². The fourth-order valence-corrected chi connectivity index (χ4v) is 1.79. The molecular formula is C12H18FNO2. The molecule has 0 saturated heterocycles. The summed E-state index contributed by atoms with van der Waals surface area (Å²) >= 11 is 0. The van der Waals surface area contributed by atoms with Gasteiger partial charge in [0.05, 0.1) is 14.2 Å². The van der Waals surface area contributed by atoms with Crippen LogP contribution in [-0.4, -0.2) is 20.8 Å². The summed E-state index contributed by atoms with van der Waals surface area (Å²) in [5.74, 6) is 0.264. The molecular weight excluding hydrogens is 209 g/mol. The third-order valence-corrected chi connectivity index (χ3v) is 2.77. The number of methoxy groups -OCH3 is 2. The number of nitrogens with two attached hydrogens (primary N) is 1. The summed E-state index contributed by atoms with van der Waals surface area (Å²) in [5.41, 5.74) is 7.32. The van der Waals surface area contributed by atoms with Crippen LogP contribution < -0.4 is 15.2 Å². The van der Waals surface area contributed by atoms with Crippen LogP contribution in [0.1, 0.15) is 24.0 Å². The first-order chi connectivity index (χ1) is 7.56. The first-order valence-corrected chi connectivity index (χ1v) is 5.17. The predicted octanol–water partition coefficient (Wildman–Crippen LogP) is 2.21. The van der Waals surface area contributed by atoms with Gasteiger partial charge in [0.25, 0.3) is 0 Å². The van der Waals surface area contributed by atoms with Crippen LogP contribution in [0.2, 0.25) is 0 Å². The molecule has 0 radical (unpaired) electrons. The maximum absolute atomic E-state index is 13.7. The van der Waals surface area contributed by atoms with E-state index in [1.54, 1.807) is 0 Å². The molecule has 1 unspecified atom stereocenters. The maximum atomic E-state index is 13.7. The number of benzene rings is 1. The molecule has 1 aromatic carbocycles. The minimum absolute atomic E-state index is 0.0920. The van der Waals surface area contributed by atoms with Crippen molar-refractivity contribution in [2.45, 2.75) is 19.8 Å². The minimum atomic E-state index is -0.416. The summed E-state index contributed by atoms with van der Waals surface area (Å²) < 4.78 is 23.9. The molecule has 0 spiro atoms. The Morgan fingerprint density at radius 1 is 1.31 bits per heavy atom. The molecule has 3 nitrogen and oxygen atoms in total. The summed E-state index contributed by atoms with van der Waals surface area (Å²) in [6, 6.07) is 1.47. The molecule has 0 aliphatic carbocycles. The second-order valence-corrected chi connectivity index (χ2v) is 3.78. The van der Waals surface area contributed by atoms with Gasteiger partial charge in [-0.25, -0.2) is 4.39 Å². The first-order valence-electron chi connectivity index (χ1n) is 5.17. The van der Waals surface area contributed by atoms with Gasteiger partial charge in [0, 0.05) is 0 Å². The summed E-state index contributed by atoms with van der Waals surface area (Å²) in [6.07, 6.45) is 0. The van der Waals surface area contributed by atoms with Gasteiger partial charge in [0.15, 0.2) is 17.3 Å². The summed E-state index contributed by atoms with van der Waals surface area (Å²) in [4.78, 5) is 0. The molecule has 90 valence electrons. The van der Waals surface area contributed by atoms with Gasteiger partial charge in [-0.3, -0.25) is 0 Å². The van der Waals surface area contributed by atoms with Crippen molar-refractivity contribution in [3.05, 3.63) is 23.0 Å². The van der Waals surface area contributed by atoms with Crippen molar-refractivity contribution < 1.29 is 13.9 Å². The zero-order valence-electron chi connectivity index (χ0n) is 10.1. The number of halogens is 1. The lowest BCUT2D eigenvalue weighted by Crippen LogP contribution is -2.11. The van der Waals surface area contributed by atoms with E-state index >= 15 is 0 Å². The molecule has 0 bridgehead atoms. The Balaban J connectivity index is 3.39. The zero-order valence-corrected chi connectivity index (χ0v) is 10.1. The van der Waals surface area contributed by atoms with Gasteiger partial charge in [0.2, 0.25) is 0 Å². The van der Waals surface area contributed by atoms with Crippen LogP contribution in [0.15, 0.2) is 6.07 Å². The molecule has 1 atom stereocenters. The Morgan fingerprint density at radius 2 is 1.88 bits per heavy atom. The molecule has 0 saturated carbocycles. The SMILES string of the molecule is COc1c(F)cc(C(C)CN)c(C)c1OC. The van der Waals surface area contributed by atoms with Crippen LogP contribution in [0.5, 0.6) is 11.5 Å². The van der Waals surface area contributed by atoms with Crippen molar-refractivity contribution >= 4 is 0 Å². The quantitative estimate of drug-likeness (QED) is 0.857. The van der Waals surface area contributed by atoms with Gasteiger partial charge in [-0.1, -0.05) is 6.92 Å². The third kappa shape index (κ3) is 2.11. The highest BCUT2D eigenvalue weighted by atomic mass is 19.1. The molecule has 4 heteroatoms. The van der Waals surface area contributed by atoms with Crippen LogP contribution >= 0.6 is 0 Å². The Morgan fingerprint density at radius 3 is 2.31 bits per heavy atom. The summed E-state index contributed by atoms with van der Waals surface area (Å²) in [5, 5.41) is 0. The number of ether oxygens (including phenoxy) is 2. The molecule has 2 N–H and O–H groups in total. The van der Waals surface area contributed by atoms with E-state index in [4.69, 9.17) is 15.2 Å². The van der Waals surface area contributed by atoms with E-state index in [1.807, 2.05) is 13.8 Å². The van der Waals surface area contributed by atoms with E-state index in [0.29, 0.717) is 12.3 Å². The van der Waals surface area contributed by atoms with Crippen molar-refractivity contribution in [2.75, 3.05) is 20.8 Å². The van der Waals surface area contributed by atoms with Crippen molar-refractivity contribution in [3.63, 3.8) is 0 Å². The average Bonchev–Trinajstić information content (AvgIpc) is 2.29. The first kappa shape index (κ1) is 12.8. The fourth-order valence-electron chi connectivity index (χ4n) is 1.79. The second kappa shape index (κ2) is 5.16. The van der Waals surface area contributed by atoms with E-state index in [2.05, 4.69) is 0 Å². The van der Waals surface area contributed by atoms with Gasteiger partial charge < -0.3 is 15.2 Å². The van der Waals surface area contributed by atoms with Crippen LogP contribution in [0.4, 0.5) is 4.39 Å².